The number of hydrogen-bond acceptors (Lipinski definition) is 4. The molecular formula is C5H8N4O3S. The van der Waals surface area contributed by atoms with Gasteiger partial charge in [0.2, 0.25) is 10.3 Å². The van der Waals surface area contributed by atoms with E-state index in [2.05, 4.69) is 20.5 Å². The zero-order valence-electron chi connectivity index (χ0n) is 7.13. The van der Waals surface area contributed by atoms with Gasteiger partial charge in [0.1, 0.15) is 0 Å². The van der Waals surface area contributed by atoms with Crippen LogP contribution in [0.25, 0.3) is 0 Å². The predicted molar refractivity (Wildman–Crippen MR) is 45.2 cm³/mol. The highest BCUT2D eigenvalue weighted by atomic mass is 32.2. The molecule has 0 saturated carbocycles. The zero-order chi connectivity index (χ0) is 10.3. The van der Waals surface area contributed by atoms with Gasteiger partial charge in [-0.05, 0) is 13.8 Å². The van der Waals surface area contributed by atoms with Gasteiger partial charge in [-0.25, -0.2) is 4.79 Å². The molecule has 0 radical (unpaired) electrons. The molecule has 2 amide bonds. The highest BCUT2D eigenvalue weighted by Gasteiger charge is 1.94. The second kappa shape index (κ2) is 6.12. The predicted octanol–water partition coefficient (Wildman–Crippen LogP) is 1.06. The summed E-state index contributed by atoms with van der Waals surface area (Å²) in [6, 6.07) is -0.924. The van der Waals surface area contributed by atoms with E-state index in [4.69, 9.17) is 0 Å². The Bertz CT molecular complexity index is 359. The van der Waals surface area contributed by atoms with Crippen molar-refractivity contribution in [2.75, 3.05) is 6.54 Å². The van der Waals surface area contributed by atoms with E-state index < -0.39 is 16.3 Å². The van der Waals surface area contributed by atoms with Crippen LogP contribution >= 0.6 is 0 Å². The van der Waals surface area contributed by atoms with Crippen LogP contribution < -0.4 is 0 Å². The van der Waals surface area contributed by atoms with Crippen LogP contribution in [-0.4, -0.2) is 26.0 Å². The second-order valence-electron chi connectivity index (χ2n) is 1.79. The van der Waals surface area contributed by atoms with Crippen LogP contribution in [-0.2, 0) is 10.3 Å². The summed E-state index contributed by atoms with van der Waals surface area (Å²) in [6.07, 6.45) is 0. The Balaban J connectivity index is 4.39. The molecule has 0 aliphatic heterocycles. The summed E-state index contributed by atoms with van der Waals surface area (Å²) >= 11 is 0. The Kier molecular flexibility index (Phi) is 5.44. The third-order valence-corrected chi connectivity index (χ3v) is 1.38. The molecule has 0 fully saturated rings. The summed E-state index contributed by atoms with van der Waals surface area (Å²) in [5.41, 5.74) is 0. The van der Waals surface area contributed by atoms with Gasteiger partial charge in [0.15, 0.2) is 4.99 Å². The Morgan fingerprint density at radius 3 is 2.31 bits per heavy atom. The minimum atomic E-state index is -2.45. The van der Waals surface area contributed by atoms with Crippen LogP contribution in [0.2, 0.25) is 0 Å². The molecule has 13 heavy (non-hydrogen) atoms. The molecule has 0 heterocycles. The van der Waals surface area contributed by atoms with Gasteiger partial charge < -0.3 is 0 Å². The van der Waals surface area contributed by atoms with Crippen molar-refractivity contribution in [2.45, 2.75) is 13.8 Å². The van der Waals surface area contributed by atoms with Crippen LogP contribution in [0.15, 0.2) is 20.5 Å². The first kappa shape index (κ1) is 11.6. The molecule has 8 heteroatoms. The van der Waals surface area contributed by atoms with E-state index in [0.29, 0.717) is 6.54 Å². The first-order valence-electron chi connectivity index (χ1n) is 3.34. The Hall–Kier alpha value is -1.44. The number of carbonyl (C=O) groups is 1. The Morgan fingerprint density at radius 2 is 1.85 bits per heavy atom. The zero-order valence-corrected chi connectivity index (χ0v) is 7.95. The van der Waals surface area contributed by atoms with Gasteiger partial charge in [-0.2, -0.15) is 13.5 Å². The average Bonchev–Trinajstić information content (AvgIpc) is 2.10. The molecule has 0 spiro atoms. The van der Waals surface area contributed by atoms with Crippen molar-refractivity contribution in [3.63, 3.8) is 0 Å². The molecule has 0 bridgehead atoms. The van der Waals surface area contributed by atoms with Crippen LogP contribution in [0.1, 0.15) is 13.8 Å². The molecule has 7 nitrogen and oxygen atoms in total. The van der Waals surface area contributed by atoms with Gasteiger partial charge in [-0.3, -0.25) is 0 Å². The van der Waals surface area contributed by atoms with E-state index in [-0.39, 0.29) is 4.99 Å². The Morgan fingerprint density at radius 1 is 1.23 bits per heavy atom. The van der Waals surface area contributed by atoms with Crippen LogP contribution in [0, 0.1) is 0 Å². The summed E-state index contributed by atoms with van der Waals surface area (Å²) in [4.78, 5) is 10.3. The third kappa shape index (κ3) is 5.79. The fourth-order valence-electron chi connectivity index (χ4n) is 0.298. The van der Waals surface area contributed by atoms with Crippen LogP contribution in [0.4, 0.5) is 4.79 Å². The molecular weight excluding hydrogens is 196 g/mol. The smallest absolute Gasteiger partial charge is 0.240 e. The summed E-state index contributed by atoms with van der Waals surface area (Å²) in [6.45, 7) is 3.26. The maximum Gasteiger partial charge on any atom is 0.403 e. The standard InChI is InChI=1S/C5H8N4O3S/c1-3-6-8-5(10)9-7-4(2)13(11)12/h3H2,1-2H3. The monoisotopic (exact) mass is 204 g/mol. The molecule has 0 aromatic heterocycles. The van der Waals surface area contributed by atoms with Gasteiger partial charge in [0, 0.05) is 0 Å². The highest BCUT2D eigenvalue weighted by molar-refractivity contribution is 7.72. The molecule has 0 rings (SSSR count). The lowest BCUT2D eigenvalue weighted by Crippen LogP contribution is -1.88. The SMILES string of the molecule is CCN=NC(=O)N=NC(C)=S(=O)=O. The van der Waals surface area contributed by atoms with Crippen molar-refractivity contribution in [3.05, 3.63) is 0 Å². The number of nitrogens with zero attached hydrogens (tertiary/aromatic N) is 4. The normalized spacial score (nSPS) is 10.9. The highest BCUT2D eigenvalue weighted by Crippen LogP contribution is 1.87. The fourth-order valence-corrected chi connectivity index (χ4v) is 0.405. The molecule has 0 aromatic rings. The van der Waals surface area contributed by atoms with E-state index in [1.807, 2.05) is 0 Å². The molecule has 0 unspecified atom stereocenters. The van der Waals surface area contributed by atoms with Crippen LogP contribution in [0.3, 0.4) is 0 Å². The lowest BCUT2D eigenvalue weighted by atomic mass is 10.8. The van der Waals surface area contributed by atoms with E-state index >= 15 is 0 Å². The lowest BCUT2D eigenvalue weighted by molar-refractivity contribution is 0.254. The minimum Gasteiger partial charge on any atom is -0.240 e. The number of azo groups is 2. The largest absolute Gasteiger partial charge is 0.403 e. The van der Waals surface area contributed by atoms with Crippen molar-refractivity contribution >= 4 is 21.3 Å². The quantitative estimate of drug-likeness (QED) is 0.471. The van der Waals surface area contributed by atoms with Gasteiger partial charge in [0.25, 0.3) is 0 Å². The summed E-state index contributed by atoms with van der Waals surface area (Å²) < 4.78 is 20.3. The number of rotatable bonds is 1. The van der Waals surface area contributed by atoms with Crippen molar-refractivity contribution < 1.29 is 13.2 Å². The first-order chi connectivity index (χ1) is 6.07. The molecule has 0 N–H and O–H groups in total. The van der Waals surface area contributed by atoms with Gasteiger partial charge in [-0.15, -0.1) is 5.11 Å². The number of carbonyl (C=O) groups excluding carboxylic acids is 1. The fraction of sp³-hybridized carbons (Fsp3) is 0.600. The van der Waals surface area contributed by atoms with Gasteiger partial charge >= 0.3 is 6.03 Å². The molecule has 0 aromatic carbocycles. The van der Waals surface area contributed by atoms with Crippen LogP contribution in [0.5, 0.6) is 0 Å². The maximum atomic E-state index is 10.6. The molecule has 0 atom stereocenters. The molecule has 0 aliphatic rings. The van der Waals surface area contributed by atoms with E-state index in [1.165, 1.54) is 6.92 Å². The third-order valence-electron chi connectivity index (χ3n) is 0.815. The topological polar surface area (TPSA) is 101 Å². The minimum absolute atomic E-state index is 0.278. The number of hydrogen-bond donors (Lipinski definition) is 0. The number of amides is 2. The second-order valence-corrected chi connectivity index (χ2v) is 2.85. The maximum absolute atomic E-state index is 10.6. The summed E-state index contributed by atoms with van der Waals surface area (Å²) in [7, 11) is -2.45. The Labute approximate surface area is 76.1 Å². The molecule has 0 aliphatic carbocycles. The van der Waals surface area contributed by atoms with E-state index in [1.54, 1.807) is 6.92 Å². The first-order valence-corrected chi connectivity index (χ1v) is 4.41. The molecule has 72 valence electrons. The van der Waals surface area contributed by atoms with Gasteiger partial charge in [-0.1, -0.05) is 10.2 Å². The molecule has 0 saturated heterocycles. The lowest BCUT2D eigenvalue weighted by Gasteiger charge is -1.80. The van der Waals surface area contributed by atoms with Crippen molar-refractivity contribution in [3.8, 4) is 0 Å². The van der Waals surface area contributed by atoms with Gasteiger partial charge in [0.05, 0.1) is 6.54 Å². The van der Waals surface area contributed by atoms with Crippen molar-refractivity contribution in [1.82, 2.24) is 0 Å². The summed E-state index contributed by atoms with van der Waals surface area (Å²) in [5, 5.41) is 12.5. The summed E-state index contributed by atoms with van der Waals surface area (Å²) in [5.74, 6) is 0. The number of urea groups is 1. The van der Waals surface area contributed by atoms with E-state index in [9.17, 15) is 13.2 Å². The van der Waals surface area contributed by atoms with E-state index in [0.717, 1.165) is 0 Å². The van der Waals surface area contributed by atoms with Crippen molar-refractivity contribution in [1.29, 1.82) is 0 Å². The van der Waals surface area contributed by atoms with Crippen molar-refractivity contribution in [2.24, 2.45) is 20.5 Å². The average molecular weight is 204 g/mol.